The molecule has 1 saturated carbocycles. The summed E-state index contributed by atoms with van der Waals surface area (Å²) in [7, 11) is 0. The van der Waals surface area contributed by atoms with Crippen molar-refractivity contribution in [3.05, 3.63) is 12.4 Å². The first-order valence-corrected chi connectivity index (χ1v) is 6.65. The molecular formula is C12H15N5O3. The average molecular weight is 277 g/mol. The molecule has 0 atom stereocenters. The molecule has 1 aromatic rings. The fraction of sp³-hybridized carbons (Fsp3) is 0.583. The van der Waals surface area contributed by atoms with Gasteiger partial charge in [0.25, 0.3) is 0 Å². The van der Waals surface area contributed by atoms with Crippen LogP contribution in [0.1, 0.15) is 25.7 Å². The first-order chi connectivity index (χ1) is 9.63. The van der Waals surface area contributed by atoms with E-state index in [0.717, 1.165) is 17.7 Å². The quantitative estimate of drug-likeness (QED) is 0.779. The molecule has 8 nitrogen and oxygen atoms in total. The predicted molar refractivity (Wildman–Crippen MR) is 66.2 cm³/mol. The fourth-order valence-electron chi connectivity index (χ4n) is 2.91. The van der Waals surface area contributed by atoms with E-state index >= 15 is 0 Å². The lowest BCUT2D eigenvalue weighted by Gasteiger charge is -2.36. The normalized spacial score (nSPS) is 21.6. The van der Waals surface area contributed by atoms with E-state index in [4.69, 9.17) is 0 Å². The van der Waals surface area contributed by atoms with Crippen LogP contribution in [0, 0.1) is 5.41 Å². The van der Waals surface area contributed by atoms with Gasteiger partial charge in [-0.05, 0) is 12.8 Å². The summed E-state index contributed by atoms with van der Waals surface area (Å²) in [6.45, 7) is 0.548. The van der Waals surface area contributed by atoms with E-state index in [1.54, 1.807) is 6.20 Å². The van der Waals surface area contributed by atoms with E-state index in [9.17, 15) is 14.4 Å². The molecule has 20 heavy (non-hydrogen) atoms. The zero-order valence-electron chi connectivity index (χ0n) is 10.9. The Kier molecular flexibility index (Phi) is 3.00. The summed E-state index contributed by atoms with van der Waals surface area (Å²) in [5, 5.41) is 9.75. The van der Waals surface area contributed by atoms with Crippen LogP contribution in [0.2, 0.25) is 0 Å². The number of urea groups is 1. The van der Waals surface area contributed by atoms with E-state index in [2.05, 4.69) is 15.6 Å². The summed E-state index contributed by atoms with van der Waals surface area (Å²) in [5.74, 6) is -0.814. The molecule has 106 valence electrons. The molecule has 2 heterocycles. The molecule has 1 aliphatic heterocycles. The number of imide groups is 2. The summed E-state index contributed by atoms with van der Waals surface area (Å²) >= 11 is 0. The second-order valence-corrected chi connectivity index (χ2v) is 5.17. The van der Waals surface area contributed by atoms with E-state index < -0.39 is 17.4 Å². The molecule has 1 aliphatic carbocycles. The monoisotopic (exact) mass is 277 g/mol. The van der Waals surface area contributed by atoms with Gasteiger partial charge in [0, 0.05) is 6.20 Å². The van der Waals surface area contributed by atoms with Gasteiger partial charge in [0.1, 0.15) is 5.41 Å². The van der Waals surface area contributed by atoms with Crippen molar-refractivity contribution < 1.29 is 14.4 Å². The fourth-order valence-corrected chi connectivity index (χ4v) is 2.91. The Balaban J connectivity index is 1.77. The van der Waals surface area contributed by atoms with Gasteiger partial charge in [-0.15, -0.1) is 5.10 Å². The van der Waals surface area contributed by atoms with Crippen LogP contribution in [0.3, 0.4) is 0 Å². The zero-order valence-corrected chi connectivity index (χ0v) is 10.9. The van der Waals surface area contributed by atoms with Gasteiger partial charge in [0.15, 0.2) is 0 Å². The lowest BCUT2D eigenvalue weighted by atomic mass is 9.82. The van der Waals surface area contributed by atoms with Gasteiger partial charge in [-0.25, -0.2) is 4.79 Å². The number of rotatable bonds is 3. The predicted octanol–water partition coefficient (Wildman–Crippen LogP) is -0.0831. The lowest BCUT2D eigenvalue weighted by molar-refractivity contribution is -0.151. The molecule has 0 bridgehead atoms. The maximum absolute atomic E-state index is 12.5. The summed E-state index contributed by atoms with van der Waals surface area (Å²) < 4.78 is 1.54. The highest BCUT2D eigenvalue weighted by atomic mass is 16.2. The minimum atomic E-state index is -1.03. The summed E-state index contributed by atoms with van der Waals surface area (Å²) in [5.41, 5.74) is -1.03. The molecule has 2 aliphatic rings. The van der Waals surface area contributed by atoms with Crippen LogP contribution in [0.25, 0.3) is 0 Å². The number of nitrogens with zero attached hydrogens (tertiary/aromatic N) is 4. The Bertz CT molecular complexity index is 547. The van der Waals surface area contributed by atoms with Gasteiger partial charge in [-0.3, -0.25) is 24.5 Å². The van der Waals surface area contributed by atoms with E-state index in [1.807, 2.05) is 0 Å². The molecule has 1 aromatic heterocycles. The molecule has 2 fully saturated rings. The van der Waals surface area contributed by atoms with Gasteiger partial charge in [0.2, 0.25) is 11.8 Å². The van der Waals surface area contributed by atoms with Crippen molar-refractivity contribution >= 4 is 17.8 Å². The van der Waals surface area contributed by atoms with Gasteiger partial charge in [-0.2, -0.15) is 0 Å². The van der Waals surface area contributed by atoms with E-state index in [0.29, 0.717) is 19.4 Å². The van der Waals surface area contributed by atoms with Crippen molar-refractivity contribution in [3.63, 3.8) is 0 Å². The van der Waals surface area contributed by atoms with Gasteiger partial charge in [-0.1, -0.05) is 18.1 Å². The van der Waals surface area contributed by atoms with Crippen molar-refractivity contribution in [3.8, 4) is 0 Å². The highest BCUT2D eigenvalue weighted by Gasteiger charge is 2.54. The van der Waals surface area contributed by atoms with Gasteiger partial charge >= 0.3 is 6.03 Å². The number of aromatic nitrogens is 3. The summed E-state index contributed by atoms with van der Waals surface area (Å²) in [4.78, 5) is 37.5. The maximum Gasteiger partial charge on any atom is 0.330 e. The summed E-state index contributed by atoms with van der Waals surface area (Å²) in [6, 6.07) is -0.641. The molecule has 8 heteroatoms. The smallest absolute Gasteiger partial charge is 0.277 e. The van der Waals surface area contributed by atoms with Gasteiger partial charge in [0.05, 0.1) is 19.3 Å². The molecule has 1 N–H and O–H groups in total. The van der Waals surface area contributed by atoms with Crippen LogP contribution in [0.15, 0.2) is 12.4 Å². The Morgan fingerprint density at radius 2 is 1.95 bits per heavy atom. The molecule has 4 amide bonds. The minimum Gasteiger partial charge on any atom is -0.277 e. The van der Waals surface area contributed by atoms with Crippen LogP contribution in [-0.2, 0) is 16.1 Å². The van der Waals surface area contributed by atoms with Crippen molar-refractivity contribution in [2.75, 3.05) is 6.54 Å². The molecular weight excluding hydrogens is 262 g/mol. The zero-order chi connectivity index (χ0) is 14.2. The molecule has 1 spiro atoms. The third-order valence-electron chi connectivity index (χ3n) is 4.04. The van der Waals surface area contributed by atoms with Crippen molar-refractivity contribution in [1.29, 1.82) is 0 Å². The molecule has 1 saturated heterocycles. The van der Waals surface area contributed by atoms with Crippen molar-refractivity contribution in [2.24, 2.45) is 5.41 Å². The largest absolute Gasteiger partial charge is 0.330 e. The number of hydrogen-bond donors (Lipinski definition) is 1. The Labute approximate surface area is 115 Å². The van der Waals surface area contributed by atoms with Crippen molar-refractivity contribution in [1.82, 2.24) is 25.2 Å². The third kappa shape index (κ3) is 1.87. The second kappa shape index (κ2) is 4.69. The Hall–Kier alpha value is -2.25. The SMILES string of the molecule is O=C1NC(=O)C2(CCCC2)C(=O)N1CCn1ccnn1. The average Bonchev–Trinajstić information content (AvgIpc) is 3.09. The molecule has 0 radical (unpaired) electrons. The maximum atomic E-state index is 12.5. The number of carbonyl (C=O) groups excluding carboxylic acids is 3. The molecule has 0 unspecified atom stereocenters. The van der Waals surface area contributed by atoms with E-state index in [-0.39, 0.29) is 12.5 Å². The number of barbiturate groups is 1. The lowest BCUT2D eigenvalue weighted by Crippen LogP contribution is -2.63. The summed E-state index contributed by atoms with van der Waals surface area (Å²) in [6.07, 6.45) is 5.90. The highest BCUT2D eigenvalue weighted by molar-refractivity contribution is 6.19. The molecule has 0 aromatic carbocycles. The number of nitrogens with one attached hydrogen (secondary N) is 1. The standard InChI is InChI=1S/C12H15N5O3/c18-9-12(3-1-2-4-12)10(19)17(11(20)14-9)8-7-16-6-5-13-15-16/h5-6H,1-4,7-8H2,(H,14,18,20). The molecule has 3 rings (SSSR count). The Morgan fingerprint density at radius 1 is 1.20 bits per heavy atom. The second-order valence-electron chi connectivity index (χ2n) is 5.17. The third-order valence-corrected chi connectivity index (χ3v) is 4.04. The highest BCUT2D eigenvalue weighted by Crippen LogP contribution is 2.41. The first-order valence-electron chi connectivity index (χ1n) is 6.65. The Morgan fingerprint density at radius 3 is 2.60 bits per heavy atom. The van der Waals surface area contributed by atoms with Crippen LogP contribution in [0.5, 0.6) is 0 Å². The van der Waals surface area contributed by atoms with Crippen LogP contribution in [0.4, 0.5) is 4.79 Å². The van der Waals surface area contributed by atoms with Crippen LogP contribution in [-0.4, -0.2) is 44.3 Å². The number of carbonyl (C=O) groups is 3. The van der Waals surface area contributed by atoms with E-state index in [1.165, 1.54) is 10.9 Å². The van der Waals surface area contributed by atoms with Crippen LogP contribution < -0.4 is 5.32 Å². The topological polar surface area (TPSA) is 97.2 Å². The number of amides is 4. The van der Waals surface area contributed by atoms with Crippen LogP contribution >= 0.6 is 0 Å². The first kappa shape index (κ1) is 12.8. The minimum absolute atomic E-state index is 0.184. The number of hydrogen-bond acceptors (Lipinski definition) is 5. The van der Waals surface area contributed by atoms with Crippen molar-refractivity contribution in [2.45, 2.75) is 32.2 Å². The van der Waals surface area contributed by atoms with Gasteiger partial charge < -0.3 is 0 Å².